The predicted molar refractivity (Wildman–Crippen MR) is 141 cm³/mol. The van der Waals surface area contributed by atoms with Crippen LogP contribution in [0.1, 0.15) is 46.9 Å². The molecule has 37 heavy (non-hydrogen) atoms. The Morgan fingerprint density at radius 1 is 1.03 bits per heavy atom. The summed E-state index contributed by atoms with van der Waals surface area (Å²) in [5, 5.41) is 1.15. The first-order valence-corrected chi connectivity index (χ1v) is 12.7. The monoisotopic (exact) mass is 489 g/mol. The zero-order chi connectivity index (χ0) is 25.1. The second kappa shape index (κ2) is 8.21. The third-order valence-corrected chi connectivity index (χ3v) is 7.97. The quantitative estimate of drug-likeness (QED) is 0.335. The summed E-state index contributed by atoms with van der Waals surface area (Å²) in [6.45, 7) is 3.14. The third-order valence-electron chi connectivity index (χ3n) is 7.97. The Balaban J connectivity index is 1.26. The number of ether oxygens (including phenoxy) is 1. The van der Waals surface area contributed by atoms with E-state index < -0.39 is 0 Å². The highest BCUT2D eigenvalue weighted by molar-refractivity contribution is 5.99. The van der Waals surface area contributed by atoms with E-state index in [2.05, 4.69) is 55.9 Å². The first-order valence-electron chi connectivity index (χ1n) is 12.7. The van der Waals surface area contributed by atoms with Gasteiger partial charge in [0.2, 0.25) is 5.78 Å². The van der Waals surface area contributed by atoms with E-state index in [4.69, 9.17) is 4.74 Å². The Kier molecular flexibility index (Phi) is 4.91. The normalized spacial score (nSPS) is 16.9. The molecule has 0 spiro atoms. The molecule has 7 heteroatoms. The summed E-state index contributed by atoms with van der Waals surface area (Å²) in [6, 6.07) is 16.8. The number of aromatic nitrogens is 4. The molecule has 0 radical (unpaired) electrons. The maximum Gasteiger partial charge on any atom is 0.254 e. The molecule has 0 N–H and O–H groups in total. The van der Waals surface area contributed by atoms with Crippen molar-refractivity contribution in [2.24, 2.45) is 0 Å². The summed E-state index contributed by atoms with van der Waals surface area (Å²) in [7, 11) is 1.67. The molecule has 184 valence electrons. The van der Waals surface area contributed by atoms with Crippen LogP contribution >= 0.6 is 0 Å². The molecular formula is C30H27N5O2. The lowest BCUT2D eigenvalue weighted by Crippen LogP contribution is -2.36. The standard InChI is InChI=1S/C30H27N5O2/c1-19(18-37-2)34-16-22-12-20(5-7-25(22)28(34)36)23-14-32-29-33-15-27(35(29)17-23)30(9-10-30)24-6-8-26-21(13-24)4-3-11-31-26/h3-8,11-15,17,19H,9-10,16,18H2,1-2H3. The third kappa shape index (κ3) is 3.45. The molecule has 1 atom stereocenters. The van der Waals surface area contributed by atoms with Crippen LogP contribution in [0.3, 0.4) is 0 Å². The van der Waals surface area contributed by atoms with Crippen LogP contribution < -0.4 is 0 Å². The van der Waals surface area contributed by atoms with E-state index in [-0.39, 0.29) is 17.4 Å². The van der Waals surface area contributed by atoms with Gasteiger partial charge >= 0.3 is 0 Å². The van der Waals surface area contributed by atoms with Crippen molar-refractivity contribution in [2.75, 3.05) is 13.7 Å². The number of carbonyl (C=O) groups is 1. The maximum absolute atomic E-state index is 12.9. The molecular weight excluding hydrogens is 462 g/mol. The van der Waals surface area contributed by atoms with Crippen molar-refractivity contribution in [2.45, 2.75) is 37.8 Å². The van der Waals surface area contributed by atoms with Crippen molar-refractivity contribution < 1.29 is 9.53 Å². The molecule has 0 bridgehead atoms. The first kappa shape index (κ1) is 22.1. The van der Waals surface area contributed by atoms with Crippen molar-refractivity contribution in [3.63, 3.8) is 0 Å². The largest absolute Gasteiger partial charge is 0.383 e. The average Bonchev–Trinajstić information content (AvgIpc) is 3.51. The molecule has 2 aliphatic rings. The number of rotatable bonds is 6. The van der Waals surface area contributed by atoms with Gasteiger partial charge in [-0.1, -0.05) is 18.2 Å². The molecule has 1 aliphatic carbocycles. The van der Waals surface area contributed by atoms with Crippen LogP contribution in [0.4, 0.5) is 0 Å². The topological polar surface area (TPSA) is 72.6 Å². The fourth-order valence-corrected chi connectivity index (χ4v) is 5.78. The van der Waals surface area contributed by atoms with Gasteiger partial charge in [0.05, 0.1) is 30.1 Å². The second-order valence-corrected chi connectivity index (χ2v) is 10.3. The molecule has 3 aromatic heterocycles. The first-order chi connectivity index (χ1) is 18.1. The van der Waals surface area contributed by atoms with E-state index >= 15 is 0 Å². The van der Waals surface area contributed by atoms with Gasteiger partial charge < -0.3 is 9.64 Å². The highest BCUT2D eigenvalue weighted by Crippen LogP contribution is 2.53. The Morgan fingerprint density at radius 3 is 2.73 bits per heavy atom. The number of imidazole rings is 1. The number of hydrogen-bond acceptors (Lipinski definition) is 5. The van der Waals surface area contributed by atoms with Crippen molar-refractivity contribution in [3.8, 4) is 11.1 Å². The number of carbonyl (C=O) groups excluding carboxylic acids is 1. The van der Waals surface area contributed by atoms with Gasteiger partial charge in [-0.2, -0.15) is 0 Å². The van der Waals surface area contributed by atoms with Gasteiger partial charge in [-0.25, -0.2) is 9.97 Å². The summed E-state index contributed by atoms with van der Waals surface area (Å²) < 4.78 is 7.41. The number of amides is 1. The molecule has 7 nitrogen and oxygen atoms in total. The molecule has 5 aromatic rings. The van der Waals surface area contributed by atoms with Crippen molar-refractivity contribution in [1.82, 2.24) is 24.3 Å². The van der Waals surface area contributed by atoms with Gasteiger partial charge in [0.25, 0.3) is 5.91 Å². The van der Waals surface area contributed by atoms with Crippen LogP contribution in [0.5, 0.6) is 0 Å². The van der Waals surface area contributed by atoms with Crippen molar-refractivity contribution in [1.29, 1.82) is 0 Å². The zero-order valence-electron chi connectivity index (χ0n) is 20.9. The fraction of sp³-hybridized carbons (Fsp3) is 0.267. The number of hydrogen-bond donors (Lipinski definition) is 0. The Hall–Kier alpha value is -4.10. The summed E-state index contributed by atoms with van der Waals surface area (Å²) >= 11 is 0. The lowest BCUT2D eigenvalue weighted by Gasteiger charge is -2.23. The molecule has 1 aliphatic heterocycles. The molecule has 1 saturated carbocycles. The van der Waals surface area contributed by atoms with Crippen molar-refractivity contribution >= 4 is 22.6 Å². The lowest BCUT2D eigenvalue weighted by atomic mass is 9.91. The molecule has 4 heterocycles. The lowest BCUT2D eigenvalue weighted by molar-refractivity contribution is 0.0588. The maximum atomic E-state index is 12.9. The number of methoxy groups -OCH3 is 1. The SMILES string of the molecule is COCC(C)N1Cc2cc(-c3cnc4ncc(C5(c6ccc7ncccc7c6)CC5)n4c3)ccc2C1=O. The van der Waals surface area contributed by atoms with Crippen LogP contribution in [-0.2, 0) is 16.7 Å². The van der Waals surface area contributed by atoms with Crippen LogP contribution in [0, 0.1) is 0 Å². The summed E-state index contributed by atoms with van der Waals surface area (Å²) in [5.74, 6) is 0.765. The molecule has 2 aromatic carbocycles. The van der Waals surface area contributed by atoms with E-state index in [0.29, 0.717) is 18.9 Å². The van der Waals surface area contributed by atoms with E-state index in [0.717, 1.165) is 51.7 Å². The second-order valence-electron chi connectivity index (χ2n) is 10.3. The summed E-state index contributed by atoms with van der Waals surface area (Å²) in [5.41, 5.74) is 7.26. The van der Waals surface area contributed by atoms with Gasteiger partial charge in [0.15, 0.2) is 0 Å². The van der Waals surface area contributed by atoms with Crippen LogP contribution in [0.15, 0.2) is 73.3 Å². The molecule has 1 unspecified atom stereocenters. The predicted octanol–water partition coefficient (Wildman–Crippen LogP) is 5.02. The Labute approximate surface area is 214 Å². The van der Waals surface area contributed by atoms with Crippen LogP contribution in [-0.4, -0.2) is 49.9 Å². The molecule has 1 fully saturated rings. The van der Waals surface area contributed by atoms with Gasteiger partial charge in [-0.3, -0.25) is 14.2 Å². The van der Waals surface area contributed by atoms with E-state index in [9.17, 15) is 4.79 Å². The van der Waals surface area contributed by atoms with E-state index in [1.807, 2.05) is 48.6 Å². The Bertz CT molecular complexity index is 1690. The molecule has 7 rings (SSSR count). The highest BCUT2D eigenvalue weighted by atomic mass is 16.5. The van der Waals surface area contributed by atoms with Crippen molar-refractivity contribution in [3.05, 3.63) is 95.7 Å². The van der Waals surface area contributed by atoms with E-state index in [1.165, 1.54) is 5.56 Å². The minimum Gasteiger partial charge on any atom is -0.383 e. The van der Waals surface area contributed by atoms with Gasteiger partial charge in [0.1, 0.15) is 0 Å². The van der Waals surface area contributed by atoms with Crippen LogP contribution in [0.2, 0.25) is 0 Å². The smallest absolute Gasteiger partial charge is 0.254 e. The van der Waals surface area contributed by atoms with Crippen LogP contribution in [0.25, 0.3) is 27.8 Å². The zero-order valence-corrected chi connectivity index (χ0v) is 20.9. The number of benzene rings is 2. The minimum atomic E-state index is -0.0634. The Morgan fingerprint density at radius 2 is 1.89 bits per heavy atom. The summed E-state index contributed by atoms with van der Waals surface area (Å²) in [4.78, 5) is 28.6. The number of pyridine rings is 1. The fourth-order valence-electron chi connectivity index (χ4n) is 5.78. The number of fused-ring (bicyclic) bond motifs is 3. The van der Waals surface area contributed by atoms with Gasteiger partial charge in [-0.05, 0) is 66.8 Å². The average molecular weight is 490 g/mol. The molecule has 1 amide bonds. The number of nitrogens with zero attached hydrogens (tertiary/aromatic N) is 5. The summed E-state index contributed by atoms with van der Waals surface area (Å²) in [6.07, 6.45) is 9.97. The van der Waals surface area contributed by atoms with Gasteiger partial charge in [-0.15, -0.1) is 0 Å². The van der Waals surface area contributed by atoms with Gasteiger partial charge in [0, 0.05) is 54.2 Å². The minimum absolute atomic E-state index is 0.0282. The molecule has 0 saturated heterocycles. The van der Waals surface area contributed by atoms with E-state index in [1.54, 1.807) is 7.11 Å². The highest BCUT2D eigenvalue weighted by Gasteiger charge is 2.48.